The van der Waals surface area contributed by atoms with Gasteiger partial charge in [0.15, 0.2) is 0 Å². The monoisotopic (exact) mass is 375 g/mol. The van der Waals surface area contributed by atoms with Crippen molar-refractivity contribution in [1.82, 2.24) is 9.44 Å². The van der Waals surface area contributed by atoms with Crippen LogP contribution in [0.3, 0.4) is 0 Å². The molecule has 0 spiro atoms. The van der Waals surface area contributed by atoms with Crippen LogP contribution in [0.2, 0.25) is 10.0 Å². The van der Waals surface area contributed by atoms with Gasteiger partial charge in [-0.1, -0.05) is 23.2 Å². The molecule has 7 nitrogen and oxygen atoms in total. The molecule has 0 aliphatic rings. The Hall–Kier alpha value is -0.580. The lowest BCUT2D eigenvalue weighted by Gasteiger charge is -2.10. The van der Waals surface area contributed by atoms with E-state index in [1.807, 2.05) is 0 Å². The third-order valence-corrected chi connectivity index (χ3v) is 5.47. The molecular weight excluding hydrogens is 361 g/mol. The molecule has 0 aliphatic carbocycles. The van der Waals surface area contributed by atoms with Gasteiger partial charge in [0.25, 0.3) is 0 Å². The zero-order valence-electron chi connectivity index (χ0n) is 11.1. The Balaban J connectivity index is 2.69. The minimum absolute atomic E-state index is 0.0139. The van der Waals surface area contributed by atoms with Crippen LogP contribution in [0.1, 0.15) is 6.42 Å². The summed E-state index contributed by atoms with van der Waals surface area (Å²) in [5.74, 6) is 0. The summed E-state index contributed by atoms with van der Waals surface area (Å²) >= 11 is 11.6. The van der Waals surface area contributed by atoms with Gasteiger partial charge in [0.2, 0.25) is 20.0 Å². The number of nitrogens with two attached hydrogens (primary N) is 1. The number of nitrogen functional groups attached to an aromatic ring is 1. The molecule has 0 saturated heterocycles. The van der Waals surface area contributed by atoms with Gasteiger partial charge in [0.1, 0.15) is 4.90 Å². The fraction of sp³-hybridized carbons (Fsp3) is 0.400. The molecular formula is C10H15Cl2N3O4S2. The smallest absolute Gasteiger partial charge is 0.242 e. The van der Waals surface area contributed by atoms with Crippen molar-refractivity contribution < 1.29 is 16.8 Å². The first-order valence-corrected chi connectivity index (χ1v) is 9.85. The predicted molar refractivity (Wildman–Crippen MR) is 83.5 cm³/mol. The minimum atomic E-state index is -3.84. The summed E-state index contributed by atoms with van der Waals surface area (Å²) in [6.45, 7) is 0.168. The Kier molecular flexibility index (Phi) is 6.26. The number of anilines is 1. The van der Waals surface area contributed by atoms with Crippen molar-refractivity contribution in [2.24, 2.45) is 0 Å². The summed E-state index contributed by atoms with van der Waals surface area (Å²) < 4.78 is 50.3. The maximum absolute atomic E-state index is 12.0. The van der Waals surface area contributed by atoms with Crippen LogP contribution < -0.4 is 15.2 Å². The van der Waals surface area contributed by atoms with Gasteiger partial charge in [-0.15, -0.1) is 0 Å². The molecule has 120 valence electrons. The van der Waals surface area contributed by atoms with Crippen molar-refractivity contribution in [2.75, 3.05) is 25.1 Å². The fourth-order valence-corrected chi connectivity index (χ4v) is 3.74. The van der Waals surface area contributed by atoms with Crippen LogP contribution in [0.25, 0.3) is 0 Å². The lowest BCUT2D eigenvalue weighted by atomic mass is 10.3. The average Bonchev–Trinajstić information content (AvgIpc) is 2.33. The van der Waals surface area contributed by atoms with E-state index in [9.17, 15) is 16.8 Å². The highest BCUT2D eigenvalue weighted by molar-refractivity contribution is 7.89. The Morgan fingerprint density at radius 2 is 1.67 bits per heavy atom. The van der Waals surface area contributed by atoms with Gasteiger partial charge >= 0.3 is 0 Å². The van der Waals surface area contributed by atoms with Crippen LogP contribution in [0.15, 0.2) is 17.0 Å². The Morgan fingerprint density at radius 3 is 2.24 bits per heavy atom. The average molecular weight is 376 g/mol. The lowest BCUT2D eigenvalue weighted by molar-refractivity contribution is 0.575. The molecule has 4 N–H and O–H groups in total. The van der Waals surface area contributed by atoms with Gasteiger partial charge in [-0.25, -0.2) is 26.3 Å². The van der Waals surface area contributed by atoms with E-state index < -0.39 is 20.0 Å². The largest absolute Gasteiger partial charge is 0.396 e. The van der Waals surface area contributed by atoms with E-state index in [1.54, 1.807) is 0 Å². The van der Waals surface area contributed by atoms with E-state index in [0.29, 0.717) is 0 Å². The number of nitrogens with one attached hydrogen (secondary N) is 2. The number of hydrogen-bond acceptors (Lipinski definition) is 5. The summed E-state index contributed by atoms with van der Waals surface area (Å²) in [6, 6.07) is 2.58. The number of hydrogen-bond donors (Lipinski definition) is 3. The normalized spacial score (nSPS) is 12.5. The first-order chi connectivity index (χ1) is 9.54. The van der Waals surface area contributed by atoms with E-state index in [0.717, 1.165) is 6.26 Å². The van der Waals surface area contributed by atoms with Crippen LogP contribution >= 0.6 is 23.2 Å². The Labute approximate surface area is 133 Å². The minimum Gasteiger partial charge on any atom is -0.396 e. The molecule has 11 heteroatoms. The van der Waals surface area contributed by atoms with Gasteiger partial charge < -0.3 is 5.73 Å². The van der Waals surface area contributed by atoms with Gasteiger partial charge in [0, 0.05) is 13.1 Å². The third-order valence-electron chi connectivity index (χ3n) is 2.39. The maximum Gasteiger partial charge on any atom is 0.242 e. The molecule has 0 bridgehead atoms. The fourth-order valence-electron chi connectivity index (χ4n) is 1.39. The second-order valence-electron chi connectivity index (χ2n) is 4.19. The van der Waals surface area contributed by atoms with E-state index in [-0.39, 0.29) is 40.1 Å². The molecule has 0 saturated carbocycles. The molecule has 0 heterocycles. The molecule has 1 aromatic carbocycles. The van der Waals surface area contributed by atoms with Crippen LogP contribution in [0.5, 0.6) is 0 Å². The van der Waals surface area contributed by atoms with Gasteiger partial charge in [-0.3, -0.25) is 0 Å². The van der Waals surface area contributed by atoms with Gasteiger partial charge in [0.05, 0.1) is 22.0 Å². The predicted octanol–water partition coefficient (Wildman–Crippen LogP) is 0.793. The SMILES string of the molecule is CS(=O)(=O)NCCCNS(=O)(=O)c1ccc(Cl)c(N)c1Cl. The zero-order valence-corrected chi connectivity index (χ0v) is 14.2. The molecule has 0 amide bonds. The molecule has 21 heavy (non-hydrogen) atoms. The number of rotatable bonds is 7. The van der Waals surface area contributed by atoms with E-state index >= 15 is 0 Å². The topological polar surface area (TPSA) is 118 Å². The second-order valence-corrected chi connectivity index (χ2v) is 8.54. The highest BCUT2D eigenvalue weighted by atomic mass is 35.5. The summed E-state index contributed by atoms with van der Waals surface area (Å²) in [5.41, 5.74) is 5.56. The summed E-state index contributed by atoms with van der Waals surface area (Å²) in [7, 11) is -7.13. The standard InChI is InChI=1S/C10H15Cl2N3O4S2/c1-20(16,17)14-5-2-6-15-21(18,19)8-4-3-7(11)10(13)9(8)12/h3-4,14-15H,2,5-6,13H2,1H3. The van der Waals surface area contributed by atoms with Crippen molar-refractivity contribution in [1.29, 1.82) is 0 Å². The quantitative estimate of drug-likeness (QED) is 0.480. The summed E-state index contributed by atoms with van der Waals surface area (Å²) in [6.07, 6.45) is 1.31. The number of benzene rings is 1. The first kappa shape index (κ1) is 18.5. The van der Waals surface area contributed by atoms with Crippen molar-refractivity contribution >= 4 is 48.9 Å². The van der Waals surface area contributed by atoms with Crippen molar-refractivity contribution in [3.8, 4) is 0 Å². The zero-order chi connectivity index (χ0) is 16.3. The van der Waals surface area contributed by atoms with E-state index in [4.69, 9.17) is 28.9 Å². The molecule has 1 aromatic rings. The highest BCUT2D eigenvalue weighted by Crippen LogP contribution is 2.32. The summed E-state index contributed by atoms with van der Waals surface area (Å²) in [4.78, 5) is -0.179. The summed E-state index contributed by atoms with van der Waals surface area (Å²) in [5, 5.41) is 0.0144. The first-order valence-electron chi connectivity index (χ1n) is 5.72. The van der Waals surface area contributed by atoms with Crippen molar-refractivity contribution in [2.45, 2.75) is 11.3 Å². The molecule has 0 atom stereocenters. The number of halogens is 2. The van der Waals surface area contributed by atoms with E-state index in [2.05, 4.69) is 9.44 Å². The third kappa shape index (κ3) is 5.61. The van der Waals surface area contributed by atoms with E-state index in [1.165, 1.54) is 12.1 Å². The molecule has 1 rings (SSSR count). The molecule has 0 aromatic heterocycles. The number of sulfonamides is 2. The molecule has 0 fully saturated rings. The van der Waals surface area contributed by atoms with Crippen LogP contribution in [-0.4, -0.2) is 36.2 Å². The molecule has 0 radical (unpaired) electrons. The van der Waals surface area contributed by atoms with Gasteiger partial charge in [-0.05, 0) is 18.6 Å². The van der Waals surface area contributed by atoms with Crippen molar-refractivity contribution in [3.63, 3.8) is 0 Å². The lowest BCUT2D eigenvalue weighted by Crippen LogP contribution is -2.29. The Morgan fingerprint density at radius 1 is 1.10 bits per heavy atom. The van der Waals surface area contributed by atoms with Crippen molar-refractivity contribution in [3.05, 3.63) is 22.2 Å². The highest BCUT2D eigenvalue weighted by Gasteiger charge is 2.20. The Bertz CT molecular complexity index is 720. The molecule has 0 aliphatic heterocycles. The molecule has 0 unspecified atom stereocenters. The van der Waals surface area contributed by atoms with Crippen LogP contribution in [-0.2, 0) is 20.0 Å². The van der Waals surface area contributed by atoms with Gasteiger partial charge in [-0.2, -0.15) is 0 Å². The van der Waals surface area contributed by atoms with Crippen LogP contribution in [0, 0.1) is 0 Å². The second kappa shape index (κ2) is 7.12. The maximum atomic E-state index is 12.0. The van der Waals surface area contributed by atoms with Crippen LogP contribution in [0.4, 0.5) is 5.69 Å².